The van der Waals surface area contributed by atoms with Crippen LogP contribution in [-0.2, 0) is 6.54 Å². The van der Waals surface area contributed by atoms with Gasteiger partial charge in [0.25, 0.3) is 0 Å². The third-order valence-corrected chi connectivity index (χ3v) is 3.55. The molecule has 0 N–H and O–H groups in total. The maximum absolute atomic E-state index is 13.1. The van der Waals surface area contributed by atoms with E-state index < -0.39 is 0 Å². The minimum atomic E-state index is -0.233. The van der Waals surface area contributed by atoms with Gasteiger partial charge < -0.3 is 4.90 Å². The largest absolute Gasteiger partial charge is 0.370 e. The summed E-state index contributed by atoms with van der Waals surface area (Å²) in [6.45, 7) is 0.602. The van der Waals surface area contributed by atoms with E-state index in [-0.39, 0.29) is 5.82 Å². The SMILES string of the molecule is CN(Cc1cccc(F)c1)c1ccc(C=O)c(Br)c1. The Morgan fingerprint density at radius 3 is 2.68 bits per heavy atom. The van der Waals surface area contributed by atoms with E-state index in [2.05, 4.69) is 15.9 Å². The predicted octanol–water partition coefficient (Wildman–Crippen LogP) is 4.04. The van der Waals surface area contributed by atoms with E-state index in [4.69, 9.17) is 0 Å². The molecule has 0 bridgehead atoms. The Kier molecular flexibility index (Phi) is 4.32. The standard InChI is InChI=1S/C15H13BrFNO/c1-18(9-11-3-2-4-13(17)7-11)14-6-5-12(10-19)15(16)8-14/h2-8,10H,9H2,1H3. The number of aldehydes is 1. The van der Waals surface area contributed by atoms with E-state index >= 15 is 0 Å². The molecule has 0 aliphatic carbocycles. The summed E-state index contributed by atoms with van der Waals surface area (Å²) in [5, 5.41) is 0. The summed E-state index contributed by atoms with van der Waals surface area (Å²) in [4.78, 5) is 12.7. The Morgan fingerprint density at radius 2 is 2.05 bits per heavy atom. The van der Waals surface area contributed by atoms with Crippen molar-refractivity contribution in [1.29, 1.82) is 0 Å². The molecule has 0 saturated heterocycles. The second kappa shape index (κ2) is 5.97. The van der Waals surface area contributed by atoms with E-state index in [9.17, 15) is 9.18 Å². The van der Waals surface area contributed by atoms with Crippen LogP contribution >= 0.6 is 15.9 Å². The molecular weight excluding hydrogens is 309 g/mol. The molecule has 19 heavy (non-hydrogen) atoms. The maximum atomic E-state index is 13.1. The molecule has 0 aliphatic heterocycles. The van der Waals surface area contributed by atoms with E-state index in [1.165, 1.54) is 12.1 Å². The molecule has 0 fully saturated rings. The zero-order valence-corrected chi connectivity index (χ0v) is 12.0. The Morgan fingerprint density at radius 1 is 1.26 bits per heavy atom. The first-order valence-electron chi connectivity index (χ1n) is 5.80. The molecule has 4 heteroatoms. The first-order valence-corrected chi connectivity index (χ1v) is 6.60. The number of benzene rings is 2. The second-order valence-electron chi connectivity index (χ2n) is 4.31. The van der Waals surface area contributed by atoms with Gasteiger partial charge in [-0.3, -0.25) is 4.79 Å². The topological polar surface area (TPSA) is 20.3 Å². The van der Waals surface area contributed by atoms with Crippen LogP contribution in [0.4, 0.5) is 10.1 Å². The van der Waals surface area contributed by atoms with E-state index in [1.807, 2.05) is 30.1 Å². The quantitative estimate of drug-likeness (QED) is 0.792. The third kappa shape index (κ3) is 3.41. The van der Waals surface area contributed by atoms with Crippen molar-refractivity contribution in [2.24, 2.45) is 0 Å². The molecule has 2 nitrogen and oxygen atoms in total. The lowest BCUT2D eigenvalue weighted by Gasteiger charge is -2.20. The van der Waals surface area contributed by atoms with Crippen LogP contribution in [0.5, 0.6) is 0 Å². The van der Waals surface area contributed by atoms with Gasteiger partial charge in [-0.2, -0.15) is 0 Å². The van der Waals surface area contributed by atoms with Gasteiger partial charge in [-0.05, 0) is 51.8 Å². The van der Waals surface area contributed by atoms with E-state index in [0.29, 0.717) is 12.1 Å². The highest BCUT2D eigenvalue weighted by Gasteiger charge is 2.06. The maximum Gasteiger partial charge on any atom is 0.151 e. The number of hydrogen-bond donors (Lipinski definition) is 0. The van der Waals surface area contributed by atoms with Crippen molar-refractivity contribution in [3.05, 3.63) is 63.9 Å². The number of rotatable bonds is 4. The van der Waals surface area contributed by atoms with Gasteiger partial charge in [0, 0.05) is 29.3 Å². The second-order valence-corrected chi connectivity index (χ2v) is 5.16. The molecule has 2 rings (SSSR count). The van der Waals surface area contributed by atoms with Gasteiger partial charge in [-0.25, -0.2) is 4.39 Å². The van der Waals surface area contributed by atoms with Crippen molar-refractivity contribution in [3.8, 4) is 0 Å². The molecule has 0 amide bonds. The van der Waals surface area contributed by atoms with E-state index in [1.54, 1.807) is 12.1 Å². The highest BCUT2D eigenvalue weighted by atomic mass is 79.9. The van der Waals surface area contributed by atoms with Crippen LogP contribution in [0.2, 0.25) is 0 Å². The van der Waals surface area contributed by atoms with E-state index in [0.717, 1.165) is 22.0 Å². The Labute approximate surface area is 120 Å². The van der Waals surface area contributed by atoms with Gasteiger partial charge in [0.05, 0.1) is 0 Å². The lowest BCUT2D eigenvalue weighted by molar-refractivity contribution is 0.112. The number of nitrogens with zero attached hydrogens (tertiary/aromatic N) is 1. The van der Waals surface area contributed by atoms with Gasteiger partial charge in [0.15, 0.2) is 6.29 Å². The average Bonchev–Trinajstić information content (AvgIpc) is 2.38. The lowest BCUT2D eigenvalue weighted by atomic mass is 10.2. The van der Waals surface area contributed by atoms with Crippen molar-refractivity contribution in [2.45, 2.75) is 6.54 Å². The fourth-order valence-electron chi connectivity index (χ4n) is 1.85. The van der Waals surface area contributed by atoms with Crippen molar-refractivity contribution in [3.63, 3.8) is 0 Å². The predicted molar refractivity (Wildman–Crippen MR) is 78.0 cm³/mol. The van der Waals surface area contributed by atoms with Crippen LogP contribution in [0, 0.1) is 5.82 Å². The summed E-state index contributed by atoms with van der Waals surface area (Å²) in [7, 11) is 1.92. The highest BCUT2D eigenvalue weighted by Crippen LogP contribution is 2.23. The van der Waals surface area contributed by atoms with Crippen molar-refractivity contribution >= 4 is 27.9 Å². The van der Waals surface area contributed by atoms with Gasteiger partial charge >= 0.3 is 0 Å². The molecule has 2 aromatic carbocycles. The Hall–Kier alpha value is -1.68. The number of hydrogen-bond acceptors (Lipinski definition) is 2. The van der Waals surface area contributed by atoms with Gasteiger partial charge in [0.2, 0.25) is 0 Å². The van der Waals surface area contributed by atoms with Crippen LogP contribution in [0.1, 0.15) is 15.9 Å². The Balaban J connectivity index is 2.18. The van der Waals surface area contributed by atoms with Crippen molar-refractivity contribution < 1.29 is 9.18 Å². The zero-order valence-electron chi connectivity index (χ0n) is 10.4. The monoisotopic (exact) mass is 321 g/mol. The number of anilines is 1. The Bertz CT molecular complexity index is 600. The first-order chi connectivity index (χ1) is 9.10. The van der Waals surface area contributed by atoms with Crippen LogP contribution in [0.15, 0.2) is 46.9 Å². The van der Waals surface area contributed by atoms with Crippen LogP contribution < -0.4 is 4.90 Å². The molecule has 0 aromatic heterocycles. The summed E-state index contributed by atoms with van der Waals surface area (Å²) in [6.07, 6.45) is 0.806. The fourth-order valence-corrected chi connectivity index (χ4v) is 2.31. The summed E-state index contributed by atoms with van der Waals surface area (Å²) in [5.74, 6) is -0.233. The number of carbonyl (C=O) groups is 1. The highest BCUT2D eigenvalue weighted by molar-refractivity contribution is 9.10. The molecular formula is C15H13BrFNO. The molecule has 0 spiro atoms. The molecule has 2 aromatic rings. The normalized spacial score (nSPS) is 10.3. The minimum Gasteiger partial charge on any atom is -0.370 e. The van der Waals surface area contributed by atoms with Crippen molar-refractivity contribution in [1.82, 2.24) is 0 Å². The number of carbonyl (C=O) groups excluding carboxylic acids is 1. The first kappa shape index (κ1) is 13.7. The average molecular weight is 322 g/mol. The van der Waals surface area contributed by atoms with Gasteiger partial charge in [-0.1, -0.05) is 12.1 Å². The molecule has 0 heterocycles. The molecule has 0 aliphatic rings. The van der Waals surface area contributed by atoms with Crippen LogP contribution in [0.25, 0.3) is 0 Å². The fraction of sp³-hybridized carbons (Fsp3) is 0.133. The summed E-state index contributed by atoms with van der Waals surface area (Å²) in [6, 6.07) is 12.0. The molecule has 0 radical (unpaired) electrons. The third-order valence-electron chi connectivity index (χ3n) is 2.86. The van der Waals surface area contributed by atoms with Crippen LogP contribution in [0.3, 0.4) is 0 Å². The molecule has 0 unspecified atom stereocenters. The summed E-state index contributed by atoms with van der Waals surface area (Å²) < 4.78 is 13.9. The summed E-state index contributed by atoms with van der Waals surface area (Å²) in [5.41, 5.74) is 2.47. The summed E-state index contributed by atoms with van der Waals surface area (Å²) >= 11 is 3.35. The van der Waals surface area contributed by atoms with Crippen molar-refractivity contribution in [2.75, 3.05) is 11.9 Å². The smallest absolute Gasteiger partial charge is 0.151 e. The van der Waals surface area contributed by atoms with Gasteiger partial charge in [0.1, 0.15) is 5.82 Å². The number of halogens is 2. The minimum absolute atomic E-state index is 0.233. The lowest BCUT2D eigenvalue weighted by Crippen LogP contribution is -2.16. The molecule has 0 atom stereocenters. The van der Waals surface area contributed by atoms with Gasteiger partial charge in [-0.15, -0.1) is 0 Å². The molecule has 0 saturated carbocycles. The molecule has 98 valence electrons. The van der Waals surface area contributed by atoms with Crippen LogP contribution in [-0.4, -0.2) is 13.3 Å². The zero-order chi connectivity index (χ0) is 13.8.